The average molecular weight is 456 g/mol. The molecule has 0 heterocycles. The third-order valence-electron chi connectivity index (χ3n) is 4.80. The molecule has 0 bridgehead atoms. The first-order valence-electron chi connectivity index (χ1n) is 10.6. The van der Waals surface area contributed by atoms with E-state index in [0.29, 0.717) is 11.5 Å². The molecule has 0 unspecified atom stereocenters. The fraction of sp³-hybridized carbons (Fsp3) is 0.360. The van der Waals surface area contributed by atoms with Crippen molar-refractivity contribution >= 4 is 23.9 Å². The van der Waals surface area contributed by atoms with Crippen molar-refractivity contribution in [3.05, 3.63) is 59.7 Å². The van der Waals surface area contributed by atoms with E-state index in [1.807, 2.05) is 38.1 Å². The molecule has 0 saturated heterocycles. The highest BCUT2D eigenvalue weighted by Gasteiger charge is 2.24. The summed E-state index contributed by atoms with van der Waals surface area (Å²) in [5.74, 6) is -1.98. The normalized spacial score (nSPS) is 10.8. The number of benzene rings is 2. The van der Waals surface area contributed by atoms with Gasteiger partial charge in [0.2, 0.25) is 0 Å². The fourth-order valence-electron chi connectivity index (χ4n) is 3.04. The van der Waals surface area contributed by atoms with Gasteiger partial charge in [0.15, 0.2) is 0 Å². The topological polar surface area (TPSA) is 105 Å². The number of carbonyl (C=O) groups is 4. The zero-order chi connectivity index (χ0) is 24.4. The summed E-state index contributed by atoms with van der Waals surface area (Å²) in [5, 5.41) is 0. The number of hydrogen-bond donors (Lipinski definition) is 0. The molecule has 0 N–H and O–H groups in total. The van der Waals surface area contributed by atoms with Gasteiger partial charge >= 0.3 is 23.9 Å². The smallest absolute Gasteiger partial charge is 0.322 e. The van der Waals surface area contributed by atoms with E-state index in [-0.39, 0.29) is 13.2 Å². The second kappa shape index (κ2) is 11.8. The summed E-state index contributed by atoms with van der Waals surface area (Å²) in [6.45, 7) is 7.78. The first-order chi connectivity index (χ1) is 15.6. The van der Waals surface area contributed by atoms with Gasteiger partial charge in [-0.05, 0) is 49.2 Å². The maximum Gasteiger partial charge on any atom is 0.322 e. The lowest BCUT2D eigenvalue weighted by Crippen LogP contribution is -2.19. The summed E-state index contributed by atoms with van der Waals surface area (Å²) in [6.07, 6.45) is -0.893. The lowest BCUT2D eigenvalue weighted by Gasteiger charge is -2.26. The van der Waals surface area contributed by atoms with Gasteiger partial charge in [0.1, 0.15) is 24.3 Å². The summed E-state index contributed by atoms with van der Waals surface area (Å²) < 4.78 is 19.8. The lowest BCUT2D eigenvalue weighted by atomic mass is 9.78. The molecule has 0 radical (unpaired) electrons. The quantitative estimate of drug-likeness (QED) is 0.303. The van der Waals surface area contributed by atoms with Gasteiger partial charge in [0.05, 0.1) is 13.2 Å². The number of carbonyl (C=O) groups excluding carboxylic acids is 4. The Labute approximate surface area is 192 Å². The third-order valence-corrected chi connectivity index (χ3v) is 4.80. The Balaban J connectivity index is 2.01. The number of hydrogen-bond acceptors (Lipinski definition) is 8. The molecule has 2 rings (SSSR count). The molecule has 0 fully saturated rings. The van der Waals surface area contributed by atoms with Crippen LogP contribution < -0.4 is 9.47 Å². The van der Waals surface area contributed by atoms with Crippen molar-refractivity contribution in [3.63, 3.8) is 0 Å². The minimum atomic E-state index is -0.687. The van der Waals surface area contributed by atoms with Gasteiger partial charge in [0, 0.05) is 5.41 Å². The highest BCUT2D eigenvalue weighted by Crippen LogP contribution is 2.33. The Morgan fingerprint density at radius 2 is 0.939 bits per heavy atom. The molecule has 0 aromatic heterocycles. The van der Waals surface area contributed by atoms with E-state index in [1.165, 1.54) is 0 Å². The third kappa shape index (κ3) is 7.75. The number of esters is 4. The molecule has 2 aromatic rings. The van der Waals surface area contributed by atoms with Gasteiger partial charge in [0.25, 0.3) is 0 Å². The Morgan fingerprint density at radius 3 is 1.24 bits per heavy atom. The van der Waals surface area contributed by atoms with E-state index in [4.69, 9.17) is 18.9 Å². The Kier molecular flexibility index (Phi) is 9.15. The molecule has 0 aliphatic rings. The van der Waals surface area contributed by atoms with Crippen LogP contribution in [0.2, 0.25) is 0 Å². The van der Waals surface area contributed by atoms with Crippen LogP contribution in [-0.4, -0.2) is 37.1 Å². The Hall–Kier alpha value is -3.68. The van der Waals surface area contributed by atoms with Crippen LogP contribution in [0.4, 0.5) is 0 Å². The SMILES string of the molecule is CCOC(=O)CC(=O)Oc1ccc(C(C)(C)c2ccc(OC(=O)CC(=O)OCC)cc2)cc1. The molecule has 0 aliphatic carbocycles. The molecular weight excluding hydrogens is 428 g/mol. The van der Waals surface area contributed by atoms with Crippen molar-refractivity contribution in [2.75, 3.05) is 13.2 Å². The van der Waals surface area contributed by atoms with Crippen LogP contribution in [0.3, 0.4) is 0 Å². The first kappa shape index (κ1) is 25.6. The predicted molar refractivity (Wildman–Crippen MR) is 119 cm³/mol. The summed E-state index contributed by atoms with van der Waals surface area (Å²) in [7, 11) is 0. The van der Waals surface area contributed by atoms with Crippen molar-refractivity contribution in [1.29, 1.82) is 0 Å². The maximum atomic E-state index is 11.8. The lowest BCUT2D eigenvalue weighted by molar-refractivity contribution is -0.151. The largest absolute Gasteiger partial charge is 0.466 e. The average Bonchev–Trinajstić information content (AvgIpc) is 2.74. The monoisotopic (exact) mass is 456 g/mol. The molecule has 0 amide bonds. The second-order valence-electron chi connectivity index (χ2n) is 7.59. The van der Waals surface area contributed by atoms with Crippen molar-refractivity contribution in [3.8, 4) is 11.5 Å². The van der Waals surface area contributed by atoms with Gasteiger partial charge in [-0.3, -0.25) is 19.2 Å². The fourth-order valence-corrected chi connectivity index (χ4v) is 3.04. The van der Waals surface area contributed by atoms with Gasteiger partial charge in [-0.25, -0.2) is 0 Å². The predicted octanol–water partition coefficient (Wildman–Crippen LogP) is 3.73. The van der Waals surface area contributed by atoms with E-state index < -0.39 is 42.1 Å². The van der Waals surface area contributed by atoms with E-state index in [2.05, 4.69) is 0 Å². The summed E-state index contributed by atoms with van der Waals surface area (Å²) in [4.78, 5) is 46.4. The molecular formula is C25H28O8. The van der Waals surface area contributed by atoms with Gasteiger partial charge in [-0.2, -0.15) is 0 Å². The molecule has 0 saturated carbocycles. The highest BCUT2D eigenvalue weighted by molar-refractivity contribution is 5.92. The Morgan fingerprint density at radius 1 is 0.606 bits per heavy atom. The van der Waals surface area contributed by atoms with E-state index in [1.54, 1.807) is 38.1 Å². The van der Waals surface area contributed by atoms with Crippen LogP contribution in [-0.2, 0) is 34.1 Å². The minimum Gasteiger partial charge on any atom is -0.466 e. The standard InChI is InChI=1S/C25H28O8/c1-5-30-21(26)15-23(28)32-19-11-7-17(8-12-19)25(3,4)18-9-13-20(14-10-18)33-24(29)16-22(27)31-6-2/h7-14H,5-6,15-16H2,1-4H3. The van der Waals surface area contributed by atoms with Crippen LogP contribution >= 0.6 is 0 Å². The van der Waals surface area contributed by atoms with Crippen LogP contribution in [0.1, 0.15) is 51.7 Å². The Bertz CT molecular complexity index is 895. The molecule has 0 aliphatic heterocycles. The van der Waals surface area contributed by atoms with E-state index >= 15 is 0 Å². The number of rotatable bonds is 10. The van der Waals surface area contributed by atoms with E-state index in [9.17, 15) is 19.2 Å². The maximum absolute atomic E-state index is 11.8. The van der Waals surface area contributed by atoms with Crippen molar-refractivity contribution in [1.82, 2.24) is 0 Å². The van der Waals surface area contributed by atoms with E-state index in [0.717, 1.165) is 11.1 Å². The van der Waals surface area contributed by atoms with Gasteiger partial charge < -0.3 is 18.9 Å². The molecule has 0 atom stereocenters. The van der Waals surface area contributed by atoms with Crippen LogP contribution in [0.15, 0.2) is 48.5 Å². The highest BCUT2D eigenvalue weighted by atomic mass is 16.6. The number of ether oxygens (including phenoxy) is 4. The molecule has 8 nitrogen and oxygen atoms in total. The van der Waals surface area contributed by atoms with Gasteiger partial charge in [-0.1, -0.05) is 38.1 Å². The molecule has 33 heavy (non-hydrogen) atoms. The van der Waals surface area contributed by atoms with Crippen LogP contribution in [0, 0.1) is 0 Å². The zero-order valence-electron chi connectivity index (χ0n) is 19.2. The molecule has 0 spiro atoms. The zero-order valence-corrected chi connectivity index (χ0v) is 19.2. The van der Waals surface area contributed by atoms with Crippen LogP contribution in [0.5, 0.6) is 11.5 Å². The van der Waals surface area contributed by atoms with Crippen molar-refractivity contribution in [2.24, 2.45) is 0 Å². The molecule has 8 heteroatoms. The summed E-state index contributed by atoms with van der Waals surface area (Å²) >= 11 is 0. The van der Waals surface area contributed by atoms with Gasteiger partial charge in [-0.15, -0.1) is 0 Å². The minimum absolute atomic E-state index is 0.201. The van der Waals surface area contributed by atoms with Crippen molar-refractivity contribution < 1.29 is 38.1 Å². The summed E-state index contributed by atoms with van der Waals surface area (Å²) in [6, 6.07) is 14.0. The second-order valence-corrected chi connectivity index (χ2v) is 7.59. The summed E-state index contributed by atoms with van der Waals surface area (Å²) in [5.41, 5.74) is 1.51. The van der Waals surface area contributed by atoms with Crippen molar-refractivity contribution in [2.45, 2.75) is 46.0 Å². The molecule has 2 aromatic carbocycles. The van der Waals surface area contributed by atoms with Crippen LogP contribution in [0.25, 0.3) is 0 Å². The molecule has 176 valence electrons. The first-order valence-corrected chi connectivity index (χ1v) is 10.6.